The Morgan fingerprint density at radius 3 is 2.62 bits per heavy atom. The molecule has 0 unspecified atom stereocenters. The molecular formula is C18H21NO2. The molecule has 1 heterocycles. The zero-order chi connectivity index (χ0) is 14.9. The quantitative estimate of drug-likeness (QED) is 0.937. The topological polar surface area (TPSA) is 40.5 Å². The van der Waals surface area contributed by atoms with E-state index in [4.69, 9.17) is 0 Å². The second-order valence-corrected chi connectivity index (χ2v) is 6.08. The number of likely N-dealkylation sites (tertiary alicyclic amines) is 1. The summed E-state index contributed by atoms with van der Waals surface area (Å²) in [6, 6.07) is 14.3. The molecule has 0 aliphatic carbocycles. The molecule has 3 nitrogen and oxygen atoms in total. The summed E-state index contributed by atoms with van der Waals surface area (Å²) < 4.78 is 0. The number of aliphatic hydroxyl groups is 1. The zero-order valence-corrected chi connectivity index (χ0v) is 12.4. The Kier molecular flexibility index (Phi) is 3.68. The van der Waals surface area contributed by atoms with Crippen LogP contribution in [0.3, 0.4) is 0 Å². The molecule has 1 saturated heterocycles. The molecular weight excluding hydrogens is 262 g/mol. The van der Waals surface area contributed by atoms with Gasteiger partial charge in [-0.25, -0.2) is 0 Å². The van der Waals surface area contributed by atoms with Gasteiger partial charge in [-0.15, -0.1) is 0 Å². The lowest BCUT2D eigenvalue weighted by Gasteiger charge is -2.46. The molecule has 0 aromatic heterocycles. The van der Waals surface area contributed by atoms with Crippen LogP contribution in [0.1, 0.15) is 25.3 Å². The number of β-amino-alcohol motifs (C(OH)–C–C–N with tert-alkyl or cyclic N) is 1. The van der Waals surface area contributed by atoms with E-state index in [0.29, 0.717) is 19.5 Å². The van der Waals surface area contributed by atoms with Gasteiger partial charge >= 0.3 is 0 Å². The maximum Gasteiger partial charge on any atom is 0.227 e. The lowest BCUT2D eigenvalue weighted by atomic mass is 9.89. The van der Waals surface area contributed by atoms with Gasteiger partial charge in [0.05, 0.1) is 25.1 Å². The van der Waals surface area contributed by atoms with Gasteiger partial charge < -0.3 is 10.0 Å². The van der Waals surface area contributed by atoms with E-state index in [1.54, 1.807) is 4.90 Å². The van der Waals surface area contributed by atoms with E-state index in [-0.39, 0.29) is 5.91 Å². The van der Waals surface area contributed by atoms with Gasteiger partial charge in [-0.3, -0.25) is 4.79 Å². The molecule has 1 aliphatic rings. The number of benzene rings is 2. The third-order valence-corrected chi connectivity index (χ3v) is 4.21. The fraction of sp³-hybridized carbons (Fsp3) is 0.389. The van der Waals surface area contributed by atoms with Crippen LogP contribution in [0.2, 0.25) is 0 Å². The molecule has 1 amide bonds. The second-order valence-electron chi connectivity index (χ2n) is 6.08. The summed E-state index contributed by atoms with van der Waals surface area (Å²) >= 11 is 0. The van der Waals surface area contributed by atoms with E-state index in [1.165, 1.54) is 5.39 Å². The minimum absolute atomic E-state index is 0.103. The van der Waals surface area contributed by atoms with Gasteiger partial charge in [0.1, 0.15) is 0 Å². The van der Waals surface area contributed by atoms with Crippen molar-refractivity contribution < 1.29 is 9.90 Å². The van der Waals surface area contributed by atoms with Crippen LogP contribution < -0.4 is 0 Å². The monoisotopic (exact) mass is 283 g/mol. The summed E-state index contributed by atoms with van der Waals surface area (Å²) in [5.41, 5.74) is 0.387. The minimum Gasteiger partial charge on any atom is -0.386 e. The van der Waals surface area contributed by atoms with Crippen LogP contribution in [-0.4, -0.2) is 34.6 Å². The Bertz CT molecular complexity index is 659. The Morgan fingerprint density at radius 2 is 1.90 bits per heavy atom. The SMILES string of the molecule is CCCC1(O)CN(C(=O)Cc2ccc3ccccc3c2)C1. The van der Waals surface area contributed by atoms with Crippen LogP contribution in [0.25, 0.3) is 10.8 Å². The molecule has 0 spiro atoms. The molecule has 2 aromatic rings. The molecule has 0 saturated carbocycles. The van der Waals surface area contributed by atoms with Crippen molar-refractivity contribution in [3.63, 3.8) is 0 Å². The summed E-state index contributed by atoms with van der Waals surface area (Å²) in [7, 11) is 0. The van der Waals surface area contributed by atoms with Crippen molar-refractivity contribution in [1.82, 2.24) is 4.90 Å². The number of fused-ring (bicyclic) bond motifs is 1. The molecule has 3 rings (SSSR count). The summed E-state index contributed by atoms with van der Waals surface area (Å²) in [5.74, 6) is 0.103. The second kappa shape index (κ2) is 5.49. The number of carbonyl (C=O) groups is 1. The van der Waals surface area contributed by atoms with Gasteiger partial charge in [-0.2, -0.15) is 0 Å². The normalized spacial score (nSPS) is 16.8. The molecule has 2 aromatic carbocycles. The molecule has 0 bridgehead atoms. The first kappa shape index (κ1) is 14.1. The molecule has 21 heavy (non-hydrogen) atoms. The molecule has 1 fully saturated rings. The van der Waals surface area contributed by atoms with Gasteiger partial charge in [0.2, 0.25) is 5.91 Å². The lowest BCUT2D eigenvalue weighted by Crippen LogP contribution is -2.63. The highest BCUT2D eigenvalue weighted by Gasteiger charge is 2.42. The van der Waals surface area contributed by atoms with E-state index >= 15 is 0 Å². The largest absolute Gasteiger partial charge is 0.386 e. The maximum absolute atomic E-state index is 12.2. The van der Waals surface area contributed by atoms with Crippen molar-refractivity contribution in [1.29, 1.82) is 0 Å². The van der Waals surface area contributed by atoms with Crippen LogP contribution in [-0.2, 0) is 11.2 Å². The first-order chi connectivity index (χ1) is 10.1. The van der Waals surface area contributed by atoms with Crippen molar-refractivity contribution in [2.75, 3.05) is 13.1 Å². The summed E-state index contributed by atoms with van der Waals surface area (Å²) in [4.78, 5) is 14.0. The third kappa shape index (κ3) is 2.93. The van der Waals surface area contributed by atoms with Gasteiger partial charge in [0, 0.05) is 0 Å². The number of rotatable bonds is 4. The van der Waals surface area contributed by atoms with Crippen LogP contribution >= 0.6 is 0 Å². The predicted molar refractivity (Wildman–Crippen MR) is 84.1 cm³/mol. The van der Waals surface area contributed by atoms with E-state index in [2.05, 4.69) is 31.2 Å². The van der Waals surface area contributed by atoms with E-state index in [9.17, 15) is 9.90 Å². The average Bonchev–Trinajstić information content (AvgIpc) is 2.44. The highest BCUT2D eigenvalue weighted by Crippen LogP contribution is 2.26. The molecule has 1 aliphatic heterocycles. The van der Waals surface area contributed by atoms with Gasteiger partial charge in [0.25, 0.3) is 0 Å². The van der Waals surface area contributed by atoms with E-state index in [1.807, 2.05) is 18.2 Å². The zero-order valence-electron chi connectivity index (χ0n) is 12.4. The number of hydrogen-bond donors (Lipinski definition) is 1. The number of hydrogen-bond acceptors (Lipinski definition) is 2. The molecule has 1 N–H and O–H groups in total. The lowest BCUT2D eigenvalue weighted by molar-refractivity contribution is -0.155. The number of nitrogens with zero attached hydrogens (tertiary/aromatic N) is 1. The molecule has 0 radical (unpaired) electrons. The highest BCUT2D eigenvalue weighted by atomic mass is 16.3. The van der Waals surface area contributed by atoms with Crippen LogP contribution in [0.15, 0.2) is 42.5 Å². The first-order valence-electron chi connectivity index (χ1n) is 7.57. The van der Waals surface area contributed by atoms with E-state index < -0.39 is 5.60 Å². The van der Waals surface area contributed by atoms with Gasteiger partial charge in [0.15, 0.2) is 0 Å². The fourth-order valence-electron chi connectivity index (χ4n) is 3.10. The minimum atomic E-state index is -0.645. The van der Waals surface area contributed by atoms with Gasteiger partial charge in [-0.05, 0) is 22.8 Å². The van der Waals surface area contributed by atoms with E-state index in [0.717, 1.165) is 23.8 Å². The highest BCUT2D eigenvalue weighted by molar-refractivity contribution is 5.85. The van der Waals surface area contributed by atoms with Crippen molar-refractivity contribution in [3.8, 4) is 0 Å². The van der Waals surface area contributed by atoms with Crippen LogP contribution in [0, 0.1) is 0 Å². The molecule has 110 valence electrons. The maximum atomic E-state index is 12.2. The fourth-order valence-corrected chi connectivity index (χ4v) is 3.10. The number of amides is 1. The van der Waals surface area contributed by atoms with Gasteiger partial charge in [-0.1, -0.05) is 55.8 Å². The van der Waals surface area contributed by atoms with Crippen LogP contribution in [0.5, 0.6) is 0 Å². The Balaban J connectivity index is 1.65. The first-order valence-corrected chi connectivity index (χ1v) is 7.57. The van der Waals surface area contributed by atoms with Crippen molar-refractivity contribution in [2.24, 2.45) is 0 Å². The standard InChI is InChI=1S/C18H21NO2/c1-2-9-18(21)12-19(13-18)17(20)11-14-7-8-15-5-3-4-6-16(15)10-14/h3-8,10,21H,2,9,11-13H2,1H3. The summed E-state index contributed by atoms with van der Waals surface area (Å²) in [6.07, 6.45) is 2.13. The smallest absolute Gasteiger partial charge is 0.227 e. The number of carbonyl (C=O) groups excluding carboxylic acids is 1. The third-order valence-electron chi connectivity index (χ3n) is 4.21. The average molecular weight is 283 g/mol. The molecule has 0 atom stereocenters. The summed E-state index contributed by atoms with van der Waals surface area (Å²) in [5, 5.41) is 12.5. The predicted octanol–water partition coefficient (Wildman–Crippen LogP) is 2.76. The van der Waals surface area contributed by atoms with Crippen molar-refractivity contribution in [2.45, 2.75) is 31.8 Å². The molecule has 3 heteroatoms. The van der Waals surface area contributed by atoms with Crippen LogP contribution in [0.4, 0.5) is 0 Å². The summed E-state index contributed by atoms with van der Waals surface area (Å²) in [6.45, 7) is 3.01. The Labute approximate surface area is 125 Å². The Hall–Kier alpha value is -1.87. The van der Waals surface area contributed by atoms with Crippen molar-refractivity contribution in [3.05, 3.63) is 48.0 Å². The van der Waals surface area contributed by atoms with Crippen molar-refractivity contribution >= 4 is 16.7 Å². The Morgan fingerprint density at radius 1 is 1.19 bits per heavy atom.